The van der Waals surface area contributed by atoms with Crippen LogP contribution in [0.15, 0.2) is 60.8 Å². The summed E-state index contributed by atoms with van der Waals surface area (Å²) in [6, 6.07) is 18.4. The zero-order valence-electron chi connectivity index (χ0n) is 16.8. The summed E-state index contributed by atoms with van der Waals surface area (Å²) in [6.07, 6.45) is 5.40. The number of hydrogen-bond acceptors (Lipinski definition) is 3. The molecule has 5 nitrogen and oxygen atoms in total. The van der Waals surface area contributed by atoms with Crippen LogP contribution in [0, 0.1) is 6.92 Å². The van der Waals surface area contributed by atoms with E-state index in [4.69, 9.17) is 9.84 Å². The number of amides is 1. The van der Waals surface area contributed by atoms with Crippen molar-refractivity contribution < 1.29 is 9.53 Å². The largest absolute Gasteiger partial charge is 0.376 e. The summed E-state index contributed by atoms with van der Waals surface area (Å²) >= 11 is 0. The average molecular weight is 389 g/mol. The van der Waals surface area contributed by atoms with Gasteiger partial charge in [0.05, 0.1) is 17.5 Å². The molecule has 0 bridgehead atoms. The highest BCUT2D eigenvalue weighted by Crippen LogP contribution is 2.25. The number of carbonyl (C=O) groups excluding carboxylic acids is 1. The Bertz CT molecular complexity index is 942. The first kappa shape index (κ1) is 19.4. The topological polar surface area (TPSA) is 56.2 Å². The second-order valence-corrected chi connectivity index (χ2v) is 7.59. The molecule has 1 fully saturated rings. The molecule has 2 aromatic carbocycles. The van der Waals surface area contributed by atoms with Gasteiger partial charge in [0.2, 0.25) is 5.91 Å². The van der Waals surface area contributed by atoms with Gasteiger partial charge in [0.15, 0.2) is 0 Å². The fourth-order valence-electron chi connectivity index (χ4n) is 3.63. The molecule has 0 saturated carbocycles. The molecule has 1 saturated heterocycles. The first-order valence-electron chi connectivity index (χ1n) is 10.3. The summed E-state index contributed by atoms with van der Waals surface area (Å²) < 4.78 is 7.47. The molecule has 4 rings (SSSR count). The molecular weight excluding hydrogens is 362 g/mol. The number of aromatic nitrogens is 2. The number of ether oxygens (including phenoxy) is 1. The lowest BCUT2D eigenvalue weighted by molar-refractivity contribution is -0.121. The normalized spacial score (nSPS) is 16.1. The van der Waals surface area contributed by atoms with E-state index in [0.717, 1.165) is 42.0 Å². The number of nitrogens with one attached hydrogen (secondary N) is 1. The Morgan fingerprint density at radius 2 is 1.97 bits per heavy atom. The molecule has 150 valence electrons. The Balaban J connectivity index is 1.50. The highest BCUT2D eigenvalue weighted by atomic mass is 16.5. The molecule has 0 spiro atoms. The molecule has 0 radical (unpaired) electrons. The summed E-state index contributed by atoms with van der Waals surface area (Å²) in [7, 11) is 0. The molecule has 29 heavy (non-hydrogen) atoms. The highest BCUT2D eigenvalue weighted by molar-refractivity contribution is 5.76. The van der Waals surface area contributed by atoms with Crippen molar-refractivity contribution in [2.75, 3.05) is 13.2 Å². The van der Waals surface area contributed by atoms with Crippen LogP contribution in [-0.4, -0.2) is 34.9 Å². The van der Waals surface area contributed by atoms with Crippen molar-refractivity contribution in [3.63, 3.8) is 0 Å². The van der Waals surface area contributed by atoms with E-state index in [2.05, 4.69) is 36.5 Å². The van der Waals surface area contributed by atoms with E-state index in [1.807, 2.05) is 41.2 Å². The van der Waals surface area contributed by atoms with Gasteiger partial charge in [-0.25, -0.2) is 4.68 Å². The zero-order valence-corrected chi connectivity index (χ0v) is 16.8. The van der Waals surface area contributed by atoms with Gasteiger partial charge in [-0.1, -0.05) is 48.0 Å². The number of para-hydroxylation sites is 1. The predicted octanol–water partition coefficient (Wildman–Crippen LogP) is 4.08. The van der Waals surface area contributed by atoms with E-state index in [9.17, 15) is 4.79 Å². The fourth-order valence-corrected chi connectivity index (χ4v) is 3.63. The van der Waals surface area contributed by atoms with Crippen molar-refractivity contribution in [2.45, 2.75) is 38.7 Å². The maximum absolute atomic E-state index is 12.3. The van der Waals surface area contributed by atoms with Crippen molar-refractivity contribution in [3.05, 3.63) is 71.9 Å². The van der Waals surface area contributed by atoms with Gasteiger partial charge in [-0.05, 0) is 43.9 Å². The maximum Gasteiger partial charge on any atom is 0.220 e. The van der Waals surface area contributed by atoms with Crippen molar-refractivity contribution >= 4 is 5.91 Å². The minimum Gasteiger partial charge on any atom is -0.376 e. The Morgan fingerprint density at radius 3 is 2.69 bits per heavy atom. The molecule has 2 heterocycles. The van der Waals surface area contributed by atoms with E-state index < -0.39 is 0 Å². The molecule has 5 heteroatoms. The number of benzene rings is 2. The van der Waals surface area contributed by atoms with E-state index in [0.29, 0.717) is 19.4 Å². The molecule has 0 aliphatic carbocycles. The number of carbonyl (C=O) groups is 1. The molecule has 1 aliphatic rings. The van der Waals surface area contributed by atoms with Gasteiger partial charge in [0.25, 0.3) is 0 Å². The van der Waals surface area contributed by atoms with Crippen LogP contribution in [0.4, 0.5) is 0 Å². The van der Waals surface area contributed by atoms with Gasteiger partial charge < -0.3 is 10.1 Å². The standard InChI is InChI=1S/C24H27N3O2/c1-18-9-11-19(12-10-18)24-20(17-27(26-24)21-6-3-2-4-7-21)13-14-23(28)25-16-22-8-5-15-29-22/h2-4,6-7,9-12,17,22H,5,8,13-16H2,1H3,(H,25,28)/t22-/m0/s1. The first-order chi connectivity index (χ1) is 14.2. The minimum atomic E-state index is 0.0582. The van der Waals surface area contributed by atoms with Crippen molar-refractivity contribution in [3.8, 4) is 16.9 Å². The minimum absolute atomic E-state index is 0.0582. The van der Waals surface area contributed by atoms with Crippen LogP contribution >= 0.6 is 0 Å². The summed E-state index contributed by atoms with van der Waals surface area (Å²) in [4.78, 5) is 12.3. The average Bonchev–Trinajstić information content (AvgIpc) is 3.42. The lowest BCUT2D eigenvalue weighted by Gasteiger charge is -2.10. The van der Waals surface area contributed by atoms with Crippen LogP contribution < -0.4 is 5.32 Å². The fraction of sp³-hybridized carbons (Fsp3) is 0.333. The van der Waals surface area contributed by atoms with Crippen LogP contribution in [-0.2, 0) is 16.0 Å². The van der Waals surface area contributed by atoms with Crippen LogP contribution in [0.25, 0.3) is 16.9 Å². The monoisotopic (exact) mass is 389 g/mol. The third-order valence-corrected chi connectivity index (χ3v) is 5.31. The number of aryl methyl sites for hydroxylation is 2. The Labute approximate surface area is 171 Å². The van der Waals surface area contributed by atoms with Crippen LogP contribution in [0.2, 0.25) is 0 Å². The maximum atomic E-state index is 12.3. The van der Waals surface area contributed by atoms with Crippen molar-refractivity contribution in [2.24, 2.45) is 0 Å². The van der Waals surface area contributed by atoms with Crippen LogP contribution in [0.5, 0.6) is 0 Å². The highest BCUT2D eigenvalue weighted by Gasteiger charge is 2.17. The number of hydrogen-bond donors (Lipinski definition) is 1. The molecule has 1 N–H and O–H groups in total. The molecule has 3 aromatic rings. The van der Waals surface area contributed by atoms with Crippen LogP contribution in [0.3, 0.4) is 0 Å². The second kappa shape index (κ2) is 9.05. The molecule has 1 amide bonds. The van der Waals surface area contributed by atoms with Gasteiger partial charge in [-0.15, -0.1) is 0 Å². The third kappa shape index (κ3) is 4.93. The number of rotatable bonds is 7. The molecule has 1 atom stereocenters. The summed E-state index contributed by atoms with van der Waals surface area (Å²) in [6.45, 7) is 3.48. The Hall–Kier alpha value is -2.92. The predicted molar refractivity (Wildman–Crippen MR) is 114 cm³/mol. The van der Waals surface area contributed by atoms with Crippen molar-refractivity contribution in [1.29, 1.82) is 0 Å². The van der Waals surface area contributed by atoms with E-state index >= 15 is 0 Å². The lowest BCUT2D eigenvalue weighted by Crippen LogP contribution is -2.31. The summed E-state index contributed by atoms with van der Waals surface area (Å²) in [5, 5.41) is 7.84. The van der Waals surface area contributed by atoms with Crippen molar-refractivity contribution in [1.82, 2.24) is 15.1 Å². The van der Waals surface area contributed by atoms with Gasteiger partial charge in [0, 0.05) is 31.3 Å². The van der Waals surface area contributed by atoms with Gasteiger partial charge >= 0.3 is 0 Å². The van der Waals surface area contributed by atoms with E-state index in [1.54, 1.807) is 0 Å². The molecule has 1 aliphatic heterocycles. The zero-order chi connectivity index (χ0) is 20.1. The molecule has 0 unspecified atom stereocenters. The lowest BCUT2D eigenvalue weighted by atomic mass is 10.0. The Kier molecular flexibility index (Phi) is 6.06. The number of nitrogens with zero attached hydrogens (tertiary/aromatic N) is 2. The van der Waals surface area contributed by atoms with Crippen LogP contribution in [0.1, 0.15) is 30.4 Å². The van der Waals surface area contributed by atoms with E-state index in [1.165, 1.54) is 5.56 Å². The molecule has 1 aromatic heterocycles. The van der Waals surface area contributed by atoms with E-state index in [-0.39, 0.29) is 12.0 Å². The molecular formula is C24H27N3O2. The smallest absolute Gasteiger partial charge is 0.220 e. The second-order valence-electron chi connectivity index (χ2n) is 7.59. The summed E-state index contributed by atoms with van der Waals surface area (Å²) in [5.74, 6) is 0.0582. The SMILES string of the molecule is Cc1ccc(-c2nn(-c3ccccc3)cc2CCC(=O)NC[C@@H]2CCCO2)cc1. The third-order valence-electron chi connectivity index (χ3n) is 5.31. The Morgan fingerprint density at radius 1 is 1.17 bits per heavy atom. The van der Waals surface area contributed by atoms with Gasteiger partial charge in [0.1, 0.15) is 0 Å². The van der Waals surface area contributed by atoms with Gasteiger partial charge in [-0.2, -0.15) is 5.10 Å². The van der Waals surface area contributed by atoms with Gasteiger partial charge in [-0.3, -0.25) is 4.79 Å². The first-order valence-corrected chi connectivity index (χ1v) is 10.3. The quantitative estimate of drug-likeness (QED) is 0.663. The summed E-state index contributed by atoms with van der Waals surface area (Å²) in [5.41, 5.74) is 5.30.